The molecule has 3 nitrogen and oxygen atoms in total. The molecule has 7 heteroatoms. The number of rotatable bonds is 14. The Bertz CT molecular complexity index is 168. The highest BCUT2D eigenvalue weighted by Gasteiger charge is 2.00. The van der Waals surface area contributed by atoms with Gasteiger partial charge in [-0.1, -0.05) is 0 Å². The lowest BCUT2D eigenvalue weighted by Crippen LogP contribution is -2.13. The molecule has 2 unspecified atom stereocenters. The van der Waals surface area contributed by atoms with Crippen molar-refractivity contribution in [2.75, 3.05) is 51.1 Å². The van der Waals surface area contributed by atoms with Crippen molar-refractivity contribution in [3.63, 3.8) is 0 Å². The quantitative estimate of drug-likeness (QED) is 0.287. The van der Waals surface area contributed by atoms with E-state index in [9.17, 15) is 0 Å². The fourth-order valence-electron chi connectivity index (χ4n) is 1.16. The van der Waals surface area contributed by atoms with Crippen LogP contribution in [-0.4, -0.2) is 61.6 Å². The van der Waals surface area contributed by atoms with Gasteiger partial charge in [-0.3, -0.25) is 0 Å². The normalized spacial score (nSPS) is 14.5. The van der Waals surface area contributed by atoms with E-state index in [0.717, 1.165) is 24.3 Å². The van der Waals surface area contributed by atoms with E-state index in [1.165, 1.54) is 0 Å². The smallest absolute Gasteiger partial charge is 0.0701 e. The van der Waals surface area contributed by atoms with Crippen LogP contribution in [0.2, 0.25) is 0 Å². The Hall–Kier alpha value is 1.28. The zero-order valence-corrected chi connectivity index (χ0v) is 14.8. The van der Waals surface area contributed by atoms with Crippen LogP contribution in [0.15, 0.2) is 0 Å². The lowest BCUT2D eigenvalue weighted by Gasteiger charge is -2.09. The third kappa shape index (κ3) is 15.5. The highest BCUT2D eigenvalue weighted by molar-refractivity contribution is 7.85. The summed E-state index contributed by atoms with van der Waals surface area (Å²) in [6.07, 6.45) is 1.84. The summed E-state index contributed by atoms with van der Waals surface area (Å²) in [5, 5.41) is 0.621. The van der Waals surface area contributed by atoms with Crippen LogP contribution in [0.3, 0.4) is 0 Å². The summed E-state index contributed by atoms with van der Waals surface area (Å²) in [5.41, 5.74) is 0. The number of ether oxygens (including phenoxy) is 3. The summed E-state index contributed by atoms with van der Waals surface area (Å²) in [4.78, 5) is 0. The molecule has 0 aliphatic rings. The molecule has 0 aliphatic carbocycles. The fraction of sp³-hybridized carbons (Fsp3) is 1.00. The maximum atomic E-state index is 5.41. The predicted molar refractivity (Wildman–Crippen MR) is 94.9 cm³/mol. The highest BCUT2D eigenvalue weighted by Crippen LogP contribution is 2.03. The Labute approximate surface area is 139 Å². The summed E-state index contributed by atoms with van der Waals surface area (Å²) in [6, 6.07) is 0. The van der Waals surface area contributed by atoms with Gasteiger partial charge in [-0.25, -0.2) is 0 Å². The molecule has 116 valence electrons. The van der Waals surface area contributed by atoms with Gasteiger partial charge in [-0.05, 0) is 12.8 Å². The Morgan fingerprint density at radius 2 is 0.895 bits per heavy atom. The van der Waals surface area contributed by atoms with Gasteiger partial charge >= 0.3 is 0 Å². The van der Waals surface area contributed by atoms with Crippen LogP contribution in [0, 0.1) is 0 Å². The molecule has 0 bridgehead atoms. The number of hydrogen-bond donors (Lipinski definition) is 4. The van der Waals surface area contributed by atoms with E-state index in [0.29, 0.717) is 50.1 Å². The third-order valence-electron chi connectivity index (χ3n) is 2.36. The van der Waals surface area contributed by atoms with Crippen molar-refractivity contribution in [3.05, 3.63) is 0 Å². The molecule has 19 heavy (non-hydrogen) atoms. The molecule has 0 spiro atoms. The van der Waals surface area contributed by atoms with Crippen LogP contribution >= 0.6 is 50.5 Å². The molecule has 0 aromatic heterocycles. The van der Waals surface area contributed by atoms with Crippen molar-refractivity contribution in [1.82, 2.24) is 0 Å². The minimum absolute atomic E-state index is 0.311. The van der Waals surface area contributed by atoms with Crippen molar-refractivity contribution in [2.24, 2.45) is 0 Å². The van der Waals surface area contributed by atoms with Gasteiger partial charge in [0.05, 0.1) is 26.4 Å². The minimum Gasteiger partial charge on any atom is -0.379 e. The van der Waals surface area contributed by atoms with Crippen molar-refractivity contribution in [3.8, 4) is 0 Å². The van der Waals surface area contributed by atoms with Crippen LogP contribution in [0.4, 0.5) is 0 Å². The van der Waals surface area contributed by atoms with E-state index in [1.54, 1.807) is 0 Å². The first kappa shape index (κ1) is 20.3. The second-order valence-corrected chi connectivity index (χ2v) is 6.28. The summed E-state index contributed by atoms with van der Waals surface area (Å²) in [6.45, 7) is 3.86. The van der Waals surface area contributed by atoms with Crippen LogP contribution in [0.1, 0.15) is 12.8 Å². The lowest BCUT2D eigenvalue weighted by molar-refractivity contribution is 0.0140. The van der Waals surface area contributed by atoms with E-state index < -0.39 is 0 Å². The van der Waals surface area contributed by atoms with Crippen LogP contribution in [-0.2, 0) is 14.2 Å². The maximum absolute atomic E-state index is 5.41. The van der Waals surface area contributed by atoms with Gasteiger partial charge in [0.1, 0.15) is 0 Å². The summed E-state index contributed by atoms with van der Waals surface area (Å²) >= 11 is 17.0. The van der Waals surface area contributed by atoms with Gasteiger partial charge in [0, 0.05) is 35.2 Å². The average molecular weight is 347 g/mol. The molecule has 0 radical (unpaired) electrons. The first-order chi connectivity index (χ1) is 9.20. The van der Waals surface area contributed by atoms with Crippen molar-refractivity contribution >= 4 is 50.5 Å². The highest BCUT2D eigenvalue weighted by atomic mass is 32.1. The molecule has 0 aliphatic heterocycles. The zero-order chi connectivity index (χ0) is 14.3. The monoisotopic (exact) mass is 346 g/mol. The zero-order valence-electron chi connectivity index (χ0n) is 11.2. The van der Waals surface area contributed by atoms with Gasteiger partial charge in [-0.15, -0.1) is 0 Å². The molecular weight excluding hydrogens is 320 g/mol. The molecule has 0 aromatic rings. The number of thiol groups is 4. The van der Waals surface area contributed by atoms with Gasteiger partial charge in [0.15, 0.2) is 0 Å². The van der Waals surface area contributed by atoms with Crippen LogP contribution in [0.5, 0.6) is 0 Å². The summed E-state index contributed by atoms with van der Waals surface area (Å²) < 4.78 is 16.2. The van der Waals surface area contributed by atoms with E-state index in [1.807, 2.05) is 0 Å². The number of hydrogen-bond acceptors (Lipinski definition) is 7. The molecule has 0 saturated carbocycles. The molecule has 0 amide bonds. The summed E-state index contributed by atoms with van der Waals surface area (Å²) in [7, 11) is 0. The fourth-order valence-corrected chi connectivity index (χ4v) is 1.74. The second-order valence-electron chi connectivity index (χ2n) is 4.09. The topological polar surface area (TPSA) is 27.7 Å². The van der Waals surface area contributed by atoms with E-state index in [-0.39, 0.29) is 0 Å². The second kappa shape index (κ2) is 15.7. The molecule has 0 N–H and O–H groups in total. The molecule has 0 saturated heterocycles. The maximum Gasteiger partial charge on any atom is 0.0701 e. The van der Waals surface area contributed by atoms with Gasteiger partial charge in [-0.2, -0.15) is 50.5 Å². The molecule has 0 heterocycles. The summed E-state index contributed by atoms with van der Waals surface area (Å²) in [5.74, 6) is 1.56. The van der Waals surface area contributed by atoms with Gasteiger partial charge < -0.3 is 14.2 Å². The lowest BCUT2D eigenvalue weighted by atomic mass is 10.3. The van der Waals surface area contributed by atoms with E-state index in [2.05, 4.69) is 50.5 Å². The minimum atomic E-state index is 0.311. The van der Waals surface area contributed by atoms with E-state index in [4.69, 9.17) is 14.2 Å². The standard InChI is InChI=1S/C12H26O3S4/c16-9-11(18)1-3-13-5-7-15-8-6-14-4-2-12(19)10-17/h11-12,16-19H,1-10H2. The first-order valence-corrected chi connectivity index (χ1v) is 8.81. The Kier molecular flexibility index (Phi) is 16.7. The predicted octanol–water partition coefficient (Wildman–Crippen LogP) is 2.27. The Morgan fingerprint density at radius 3 is 1.21 bits per heavy atom. The van der Waals surface area contributed by atoms with Gasteiger partial charge in [0.25, 0.3) is 0 Å². The van der Waals surface area contributed by atoms with Crippen molar-refractivity contribution < 1.29 is 14.2 Å². The molecule has 0 fully saturated rings. The Balaban J connectivity index is 3.03. The molecular formula is C12H26O3S4. The van der Waals surface area contributed by atoms with Crippen LogP contribution in [0.25, 0.3) is 0 Å². The van der Waals surface area contributed by atoms with Gasteiger partial charge in [0.2, 0.25) is 0 Å². The molecule has 2 atom stereocenters. The van der Waals surface area contributed by atoms with E-state index >= 15 is 0 Å². The largest absolute Gasteiger partial charge is 0.379 e. The third-order valence-corrected chi connectivity index (χ3v) is 4.70. The SMILES string of the molecule is SCC(S)CCOCCOCCOCCC(S)CS. The Morgan fingerprint density at radius 1 is 0.579 bits per heavy atom. The van der Waals surface area contributed by atoms with Crippen molar-refractivity contribution in [1.29, 1.82) is 0 Å². The first-order valence-electron chi connectivity index (χ1n) is 6.51. The van der Waals surface area contributed by atoms with Crippen LogP contribution < -0.4 is 0 Å². The van der Waals surface area contributed by atoms with Crippen molar-refractivity contribution in [2.45, 2.75) is 23.3 Å². The molecule has 0 aromatic carbocycles. The molecule has 0 rings (SSSR count). The average Bonchev–Trinajstić information content (AvgIpc) is 2.43.